The summed E-state index contributed by atoms with van der Waals surface area (Å²) in [6.07, 6.45) is 6.27. The fraction of sp³-hybridized carbons (Fsp3) is 0.611. The highest BCUT2D eigenvalue weighted by atomic mass is 16.6. The topological polar surface area (TPSA) is 75.7 Å². The molecular weight excluding hydrogens is 308 g/mol. The average Bonchev–Trinajstić information content (AvgIpc) is 2.87. The number of hydrogen-bond donors (Lipinski definition) is 1. The van der Waals surface area contributed by atoms with Gasteiger partial charge in [-0.15, -0.1) is 12.3 Å². The van der Waals surface area contributed by atoms with Crippen LogP contribution >= 0.6 is 0 Å². The Balaban J connectivity index is 2.13. The Bertz CT molecular complexity index is 640. The summed E-state index contributed by atoms with van der Waals surface area (Å²) in [5, 5.41) is 2.49. The maximum Gasteiger partial charge on any atom is 0.327 e. The van der Waals surface area contributed by atoms with Crippen LogP contribution in [-0.4, -0.2) is 35.1 Å². The summed E-state index contributed by atoms with van der Waals surface area (Å²) < 4.78 is 5.47. The Kier molecular flexibility index (Phi) is 4.75. The van der Waals surface area contributed by atoms with Gasteiger partial charge in [0, 0.05) is 0 Å². The first-order valence-corrected chi connectivity index (χ1v) is 8.03. The van der Waals surface area contributed by atoms with Gasteiger partial charge in [0.05, 0.1) is 12.3 Å². The lowest BCUT2D eigenvalue weighted by Crippen LogP contribution is -2.43. The van der Waals surface area contributed by atoms with E-state index in [1.165, 1.54) is 0 Å². The van der Waals surface area contributed by atoms with Gasteiger partial charge in [-0.2, -0.15) is 0 Å². The van der Waals surface area contributed by atoms with Gasteiger partial charge in [0.1, 0.15) is 6.04 Å². The minimum atomic E-state index is -1.07. The minimum Gasteiger partial charge on any atom is -0.440 e. The van der Waals surface area contributed by atoms with Crippen molar-refractivity contribution in [2.45, 2.75) is 53.3 Å². The van der Waals surface area contributed by atoms with Crippen LogP contribution in [0.3, 0.4) is 0 Å². The Hall–Kier alpha value is -2.29. The first-order valence-electron chi connectivity index (χ1n) is 8.03. The van der Waals surface area contributed by atoms with Gasteiger partial charge in [-0.3, -0.25) is 9.59 Å². The predicted molar refractivity (Wildman–Crippen MR) is 88.4 cm³/mol. The third-order valence-corrected chi connectivity index (χ3v) is 4.68. The van der Waals surface area contributed by atoms with E-state index in [0.29, 0.717) is 0 Å². The van der Waals surface area contributed by atoms with E-state index in [1.54, 1.807) is 6.92 Å². The molecule has 1 aliphatic carbocycles. The molecule has 0 aromatic rings. The van der Waals surface area contributed by atoms with Crippen LogP contribution in [0.4, 0.5) is 4.79 Å². The molecule has 1 N–H and O–H groups in total. The molecule has 0 spiro atoms. The van der Waals surface area contributed by atoms with E-state index >= 15 is 0 Å². The normalized spacial score (nSPS) is 28.7. The van der Waals surface area contributed by atoms with Crippen LogP contribution in [-0.2, 0) is 14.3 Å². The second-order valence-electron chi connectivity index (χ2n) is 7.25. The smallest absolute Gasteiger partial charge is 0.327 e. The molecule has 0 radical (unpaired) electrons. The molecular formula is C18H24N2O4. The summed E-state index contributed by atoms with van der Waals surface area (Å²) in [5.41, 5.74) is 0.922. The number of hydrogen-bond acceptors (Lipinski definition) is 4. The molecule has 1 saturated carbocycles. The lowest BCUT2D eigenvalue weighted by atomic mass is 10.1. The molecule has 2 fully saturated rings. The number of esters is 1. The van der Waals surface area contributed by atoms with Gasteiger partial charge in [-0.25, -0.2) is 9.69 Å². The number of carbonyl (C=O) groups is 3. The van der Waals surface area contributed by atoms with Gasteiger partial charge in [0.15, 0.2) is 6.23 Å². The Morgan fingerprint density at radius 2 is 2.08 bits per heavy atom. The third-order valence-electron chi connectivity index (χ3n) is 4.68. The highest BCUT2D eigenvalue weighted by Gasteiger charge is 2.62. The lowest BCUT2D eigenvalue weighted by Gasteiger charge is -2.23. The van der Waals surface area contributed by atoms with E-state index in [0.717, 1.165) is 10.5 Å². The van der Waals surface area contributed by atoms with Crippen molar-refractivity contribution in [1.29, 1.82) is 0 Å². The number of urea groups is 1. The molecule has 3 amide bonds. The zero-order valence-electron chi connectivity index (χ0n) is 14.8. The molecule has 0 aromatic heterocycles. The van der Waals surface area contributed by atoms with Crippen LogP contribution in [0.5, 0.6) is 0 Å². The van der Waals surface area contributed by atoms with Crippen LogP contribution < -0.4 is 5.32 Å². The number of rotatable bonds is 5. The minimum absolute atomic E-state index is 0.0297. The first kappa shape index (κ1) is 18.1. The molecule has 2 aliphatic rings. The van der Waals surface area contributed by atoms with Gasteiger partial charge in [-0.1, -0.05) is 25.5 Å². The number of amides is 3. The van der Waals surface area contributed by atoms with Crippen molar-refractivity contribution < 1.29 is 19.1 Å². The molecule has 1 saturated heterocycles. The van der Waals surface area contributed by atoms with Crippen LogP contribution in [0.25, 0.3) is 0 Å². The number of ether oxygens (including phenoxy) is 1. The number of allylic oxidation sites excluding steroid dienone is 2. The number of terminal acetylenes is 1. The van der Waals surface area contributed by atoms with Crippen LogP contribution in [0.2, 0.25) is 0 Å². The van der Waals surface area contributed by atoms with Gasteiger partial charge < -0.3 is 10.1 Å². The van der Waals surface area contributed by atoms with Crippen LogP contribution in [0.1, 0.15) is 41.0 Å². The second kappa shape index (κ2) is 6.31. The summed E-state index contributed by atoms with van der Waals surface area (Å²) in [6, 6.07) is -1.23. The Labute approximate surface area is 142 Å². The number of nitrogens with zero attached hydrogens (tertiary/aromatic N) is 1. The van der Waals surface area contributed by atoms with Crippen LogP contribution in [0.15, 0.2) is 11.6 Å². The van der Waals surface area contributed by atoms with E-state index in [-0.39, 0.29) is 23.7 Å². The van der Waals surface area contributed by atoms with E-state index in [1.807, 2.05) is 27.7 Å². The fourth-order valence-corrected chi connectivity index (χ4v) is 3.19. The van der Waals surface area contributed by atoms with Gasteiger partial charge in [-0.05, 0) is 32.1 Å². The number of nitrogens with one attached hydrogen (secondary N) is 1. The first-order chi connectivity index (χ1) is 11.1. The maximum absolute atomic E-state index is 12.6. The SMILES string of the molecule is C#CCC(OC(=O)C1C(C=C(C)C)C1(C)C)N1C(=O)NC(C)C1=O. The molecule has 0 bridgehead atoms. The highest BCUT2D eigenvalue weighted by Crippen LogP contribution is 2.60. The molecule has 1 aliphatic heterocycles. The molecule has 4 unspecified atom stereocenters. The van der Waals surface area contributed by atoms with Crippen molar-refractivity contribution in [3.05, 3.63) is 11.6 Å². The number of carbonyl (C=O) groups excluding carboxylic acids is 3. The van der Waals surface area contributed by atoms with Gasteiger partial charge in [0.25, 0.3) is 5.91 Å². The molecule has 24 heavy (non-hydrogen) atoms. The fourth-order valence-electron chi connectivity index (χ4n) is 3.19. The molecule has 6 nitrogen and oxygen atoms in total. The maximum atomic E-state index is 12.6. The quantitative estimate of drug-likeness (QED) is 0.362. The summed E-state index contributed by atoms with van der Waals surface area (Å²) in [7, 11) is 0. The summed E-state index contributed by atoms with van der Waals surface area (Å²) in [6.45, 7) is 9.52. The van der Waals surface area contributed by atoms with Crippen molar-refractivity contribution in [2.24, 2.45) is 17.3 Å². The second-order valence-corrected chi connectivity index (χ2v) is 7.25. The van der Waals surface area contributed by atoms with Gasteiger partial charge in [0.2, 0.25) is 0 Å². The van der Waals surface area contributed by atoms with Crippen molar-refractivity contribution in [3.63, 3.8) is 0 Å². The standard InChI is InChI=1S/C18H24N2O4/c1-7-8-13(20-15(21)11(4)19-17(20)23)24-16(22)14-12(9-10(2)3)18(14,5)6/h1,9,11-14H,8H2,2-6H3,(H,19,23). The summed E-state index contributed by atoms with van der Waals surface area (Å²) in [5.74, 6) is 1.28. The zero-order chi connectivity index (χ0) is 18.2. The number of imide groups is 1. The summed E-state index contributed by atoms with van der Waals surface area (Å²) in [4.78, 5) is 37.5. The van der Waals surface area contributed by atoms with Crippen molar-refractivity contribution >= 4 is 17.9 Å². The largest absolute Gasteiger partial charge is 0.440 e. The molecule has 4 atom stereocenters. The lowest BCUT2D eigenvalue weighted by molar-refractivity contribution is -0.161. The van der Waals surface area contributed by atoms with Crippen molar-refractivity contribution in [3.8, 4) is 12.3 Å². The third kappa shape index (κ3) is 3.16. The van der Waals surface area contributed by atoms with Crippen molar-refractivity contribution in [1.82, 2.24) is 10.2 Å². The van der Waals surface area contributed by atoms with E-state index in [9.17, 15) is 14.4 Å². The molecule has 1 heterocycles. The molecule has 6 heteroatoms. The van der Waals surface area contributed by atoms with Crippen molar-refractivity contribution in [2.75, 3.05) is 0 Å². The molecule has 2 rings (SSSR count). The van der Waals surface area contributed by atoms with E-state index in [2.05, 4.69) is 17.3 Å². The van der Waals surface area contributed by atoms with E-state index in [4.69, 9.17) is 11.2 Å². The highest BCUT2D eigenvalue weighted by molar-refractivity contribution is 6.04. The Morgan fingerprint density at radius 1 is 1.46 bits per heavy atom. The average molecular weight is 332 g/mol. The predicted octanol–water partition coefficient (Wildman–Crippen LogP) is 2.06. The van der Waals surface area contributed by atoms with Crippen LogP contribution in [0, 0.1) is 29.6 Å². The molecule has 130 valence electrons. The summed E-state index contributed by atoms with van der Waals surface area (Å²) >= 11 is 0. The zero-order valence-corrected chi connectivity index (χ0v) is 14.8. The molecule has 0 aromatic carbocycles. The van der Waals surface area contributed by atoms with Gasteiger partial charge >= 0.3 is 12.0 Å². The van der Waals surface area contributed by atoms with E-state index < -0.39 is 30.2 Å². The Morgan fingerprint density at radius 3 is 2.54 bits per heavy atom. The monoisotopic (exact) mass is 332 g/mol.